The summed E-state index contributed by atoms with van der Waals surface area (Å²) in [5.74, 6) is -0.349. The summed E-state index contributed by atoms with van der Waals surface area (Å²) in [6.45, 7) is -1.31. The maximum absolute atomic E-state index is 12.0. The predicted octanol–water partition coefficient (Wildman–Crippen LogP) is 2.38. The molecule has 0 saturated carbocycles. The first kappa shape index (κ1) is 17.7. The van der Waals surface area contributed by atoms with Crippen LogP contribution in [0.4, 0.5) is 13.2 Å². The molecule has 2 N–H and O–H groups in total. The van der Waals surface area contributed by atoms with Crippen LogP contribution in [0.1, 0.15) is 21.5 Å². The van der Waals surface area contributed by atoms with Crippen molar-refractivity contribution in [1.82, 2.24) is 10.3 Å². The summed E-state index contributed by atoms with van der Waals surface area (Å²) in [6.07, 6.45) is -2.88. The first-order chi connectivity index (χ1) is 11.3. The highest BCUT2D eigenvalue weighted by Gasteiger charge is 2.27. The van der Waals surface area contributed by atoms with Gasteiger partial charge in [0, 0.05) is 24.4 Å². The lowest BCUT2D eigenvalue weighted by molar-refractivity contribution is -0.176. The van der Waals surface area contributed by atoms with Crippen LogP contribution in [-0.2, 0) is 17.9 Å². The fraction of sp³-hybridized carbons (Fsp3) is 0.250. The van der Waals surface area contributed by atoms with E-state index in [1.165, 1.54) is 36.5 Å². The van der Waals surface area contributed by atoms with Crippen molar-refractivity contribution in [1.29, 1.82) is 0 Å². The zero-order chi connectivity index (χ0) is 17.6. The molecule has 0 saturated heterocycles. The van der Waals surface area contributed by atoms with E-state index in [2.05, 4.69) is 15.0 Å². The molecule has 0 aliphatic rings. The van der Waals surface area contributed by atoms with E-state index in [1.807, 2.05) is 0 Å². The van der Waals surface area contributed by atoms with E-state index in [-0.39, 0.29) is 24.6 Å². The molecule has 1 amide bonds. The fourth-order valence-corrected chi connectivity index (χ4v) is 1.92. The third-order valence-electron chi connectivity index (χ3n) is 3.04. The minimum absolute atomic E-state index is 0.186. The Kier molecular flexibility index (Phi) is 5.75. The van der Waals surface area contributed by atoms with E-state index in [9.17, 15) is 22.8 Å². The number of nitrogens with one attached hydrogen (secondary N) is 2. The lowest BCUT2D eigenvalue weighted by Gasteiger charge is -2.08. The number of halogens is 3. The van der Waals surface area contributed by atoms with Gasteiger partial charge in [0.15, 0.2) is 0 Å². The molecule has 0 spiro atoms. The van der Waals surface area contributed by atoms with Crippen LogP contribution >= 0.6 is 0 Å². The molecule has 2 aromatic rings. The Hall–Kier alpha value is -2.61. The number of amides is 1. The van der Waals surface area contributed by atoms with Gasteiger partial charge in [-0.05, 0) is 29.3 Å². The predicted molar refractivity (Wildman–Crippen MR) is 80.4 cm³/mol. The van der Waals surface area contributed by atoms with E-state index < -0.39 is 12.8 Å². The SMILES string of the molecule is O=C(NCc1cc[nH]c(=O)c1)c1ccc(COCC(F)(F)F)cc1. The standard InChI is InChI=1S/C16H15F3N2O3/c17-16(18,19)10-24-9-11-1-3-13(4-2-11)15(23)21-8-12-5-6-20-14(22)7-12/h1-7H,8-10H2,(H,20,22)(H,21,23). The van der Waals surface area contributed by atoms with Crippen LogP contribution in [-0.4, -0.2) is 23.7 Å². The highest BCUT2D eigenvalue weighted by Crippen LogP contribution is 2.15. The lowest BCUT2D eigenvalue weighted by Crippen LogP contribution is -2.23. The van der Waals surface area contributed by atoms with E-state index in [4.69, 9.17) is 0 Å². The number of aromatic nitrogens is 1. The minimum atomic E-state index is -4.36. The van der Waals surface area contributed by atoms with Crippen molar-refractivity contribution in [2.45, 2.75) is 19.3 Å². The monoisotopic (exact) mass is 340 g/mol. The number of H-pyrrole nitrogens is 1. The Balaban J connectivity index is 1.85. The Morgan fingerprint density at radius 3 is 2.46 bits per heavy atom. The van der Waals surface area contributed by atoms with Gasteiger partial charge in [0.05, 0.1) is 6.61 Å². The molecule has 2 rings (SSSR count). The zero-order valence-corrected chi connectivity index (χ0v) is 12.5. The van der Waals surface area contributed by atoms with Gasteiger partial charge in [0.2, 0.25) is 5.56 Å². The number of aromatic amines is 1. The van der Waals surface area contributed by atoms with Crippen LogP contribution in [0.2, 0.25) is 0 Å². The molecular formula is C16H15F3N2O3. The topological polar surface area (TPSA) is 71.2 Å². The Labute approximate surface area is 135 Å². The molecule has 128 valence electrons. The zero-order valence-electron chi connectivity index (χ0n) is 12.5. The van der Waals surface area contributed by atoms with Crippen molar-refractivity contribution in [3.05, 3.63) is 69.6 Å². The molecule has 0 aliphatic heterocycles. The average Bonchev–Trinajstić information content (AvgIpc) is 2.52. The minimum Gasteiger partial charge on any atom is -0.367 e. The average molecular weight is 340 g/mol. The largest absolute Gasteiger partial charge is 0.411 e. The van der Waals surface area contributed by atoms with Crippen LogP contribution in [0.25, 0.3) is 0 Å². The Bertz CT molecular complexity index is 739. The number of hydrogen-bond acceptors (Lipinski definition) is 3. The number of benzene rings is 1. The van der Waals surface area contributed by atoms with E-state index in [1.54, 1.807) is 6.07 Å². The van der Waals surface area contributed by atoms with Crippen molar-refractivity contribution in [2.24, 2.45) is 0 Å². The first-order valence-corrected chi connectivity index (χ1v) is 7.03. The van der Waals surface area contributed by atoms with Gasteiger partial charge in [-0.2, -0.15) is 13.2 Å². The van der Waals surface area contributed by atoms with Crippen molar-refractivity contribution in [2.75, 3.05) is 6.61 Å². The molecule has 0 unspecified atom stereocenters. The third kappa shape index (κ3) is 5.88. The highest BCUT2D eigenvalue weighted by molar-refractivity contribution is 5.94. The molecule has 5 nitrogen and oxygen atoms in total. The van der Waals surface area contributed by atoms with Crippen molar-refractivity contribution >= 4 is 5.91 Å². The molecule has 1 aromatic heterocycles. The van der Waals surface area contributed by atoms with Crippen molar-refractivity contribution in [3.8, 4) is 0 Å². The highest BCUT2D eigenvalue weighted by atomic mass is 19.4. The number of pyridine rings is 1. The maximum Gasteiger partial charge on any atom is 0.411 e. The van der Waals surface area contributed by atoms with Gasteiger partial charge in [-0.1, -0.05) is 12.1 Å². The Morgan fingerprint density at radius 2 is 1.83 bits per heavy atom. The molecule has 0 radical (unpaired) electrons. The van der Waals surface area contributed by atoms with Gasteiger partial charge in [-0.25, -0.2) is 0 Å². The number of rotatable bonds is 6. The number of carbonyl (C=O) groups is 1. The number of ether oxygens (including phenoxy) is 1. The summed E-state index contributed by atoms with van der Waals surface area (Å²) >= 11 is 0. The fourth-order valence-electron chi connectivity index (χ4n) is 1.92. The molecular weight excluding hydrogens is 325 g/mol. The molecule has 0 bridgehead atoms. The molecule has 24 heavy (non-hydrogen) atoms. The molecule has 8 heteroatoms. The summed E-state index contributed by atoms with van der Waals surface area (Å²) in [5.41, 5.74) is 1.29. The second kappa shape index (κ2) is 7.78. The lowest BCUT2D eigenvalue weighted by atomic mass is 10.1. The summed E-state index contributed by atoms with van der Waals surface area (Å²) in [5, 5.41) is 2.65. The quantitative estimate of drug-likeness (QED) is 0.848. The third-order valence-corrected chi connectivity index (χ3v) is 3.04. The van der Waals surface area contributed by atoms with Gasteiger partial charge in [0.25, 0.3) is 5.91 Å². The number of carbonyl (C=O) groups excluding carboxylic acids is 1. The van der Waals surface area contributed by atoms with E-state index >= 15 is 0 Å². The van der Waals surface area contributed by atoms with E-state index in [0.29, 0.717) is 16.7 Å². The molecule has 1 heterocycles. The summed E-state index contributed by atoms with van der Waals surface area (Å²) in [6, 6.07) is 9.10. The molecule has 0 atom stereocenters. The van der Waals surface area contributed by atoms with Gasteiger partial charge in [-0.15, -0.1) is 0 Å². The number of alkyl halides is 3. The molecule has 0 fully saturated rings. The van der Waals surface area contributed by atoms with Crippen LogP contribution in [0, 0.1) is 0 Å². The van der Waals surface area contributed by atoms with Crippen LogP contribution in [0.5, 0.6) is 0 Å². The van der Waals surface area contributed by atoms with E-state index in [0.717, 1.165) is 0 Å². The molecule has 1 aromatic carbocycles. The van der Waals surface area contributed by atoms with Crippen LogP contribution < -0.4 is 10.9 Å². The van der Waals surface area contributed by atoms with Gasteiger partial charge < -0.3 is 15.0 Å². The van der Waals surface area contributed by atoms with Crippen molar-refractivity contribution in [3.63, 3.8) is 0 Å². The second-order valence-electron chi connectivity index (χ2n) is 5.05. The van der Waals surface area contributed by atoms with Crippen molar-refractivity contribution < 1.29 is 22.7 Å². The summed E-state index contributed by atoms with van der Waals surface area (Å²) in [7, 11) is 0. The van der Waals surface area contributed by atoms with Crippen LogP contribution in [0.15, 0.2) is 47.4 Å². The summed E-state index contributed by atoms with van der Waals surface area (Å²) < 4.78 is 40.5. The summed E-state index contributed by atoms with van der Waals surface area (Å²) in [4.78, 5) is 25.6. The maximum atomic E-state index is 12.0. The van der Waals surface area contributed by atoms with Crippen LogP contribution in [0.3, 0.4) is 0 Å². The van der Waals surface area contributed by atoms with Gasteiger partial charge >= 0.3 is 6.18 Å². The van der Waals surface area contributed by atoms with Gasteiger partial charge in [-0.3, -0.25) is 9.59 Å². The molecule has 0 aliphatic carbocycles. The number of hydrogen-bond donors (Lipinski definition) is 2. The Morgan fingerprint density at radius 1 is 1.12 bits per heavy atom. The smallest absolute Gasteiger partial charge is 0.367 e. The van der Waals surface area contributed by atoms with Gasteiger partial charge in [0.1, 0.15) is 6.61 Å². The second-order valence-corrected chi connectivity index (χ2v) is 5.05. The normalized spacial score (nSPS) is 11.3. The first-order valence-electron chi connectivity index (χ1n) is 7.03.